The number of esters is 1. The standard InChI is InChI=1S/C22H37BrN4O6/c1-15(13-23)20(31)33-12-7-5-6-10-17(28)26-14-18(29)27-16(19(30)22(2,3)4)9-8-11-25-21(24)32/h16H,1,5-14H2,2-4H3,(H,26,28)(H,27,29)(H3,24,25,32)/t16-/m0/s1. The number of nitrogens with one attached hydrogen (secondary N) is 3. The molecule has 0 aliphatic heterocycles. The largest absolute Gasteiger partial charge is 0.462 e. The van der Waals surface area contributed by atoms with Crippen LogP contribution in [0.4, 0.5) is 4.79 Å². The van der Waals surface area contributed by atoms with Crippen LogP contribution in [0.1, 0.15) is 59.3 Å². The summed E-state index contributed by atoms with van der Waals surface area (Å²) in [7, 11) is 0. The normalized spacial score (nSPS) is 11.8. The van der Waals surface area contributed by atoms with Crippen molar-refractivity contribution in [3.8, 4) is 0 Å². The van der Waals surface area contributed by atoms with E-state index in [-0.39, 0.29) is 31.3 Å². The van der Waals surface area contributed by atoms with Crippen molar-refractivity contribution in [2.45, 2.75) is 65.3 Å². The van der Waals surface area contributed by atoms with Gasteiger partial charge in [0.25, 0.3) is 0 Å². The summed E-state index contributed by atoms with van der Waals surface area (Å²) in [6, 6.07) is -1.38. The molecule has 5 N–H and O–H groups in total. The monoisotopic (exact) mass is 532 g/mol. The van der Waals surface area contributed by atoms with Gasteiger partial charge in [-0.2, -0.15) is 0 Å². The van der Waals surface area contributed by atoms with Gasteiger partial charge in [0.05, 0.1) is 19.2 Å². The Morgan fingerprint density at radius 1 is 1.00 bits per heavy atom. The Hall–Kier alpha value is -2.43. The molecule has 4 amide bonds. The fraction of sp³-hybridized carbons (Fsp3) is 0.682. The first kappa shape index (κ1) is 30.6. The molecule has 0 heterocycles. The lowest BCUT2D eigenvalue weighted by Crippen LogP contribution is -2.49. The number of hydrogen-bond donors (Lipinski definition) is 4. The van der Waals surface area contributed by atoms with Gasteiger partial charge in [0.1, 0.15) is 0 Å². The molecule has 0 aliphatic carbocycles. The van der Waals surface area contributed by atoms with Crippen molar-refractivity contribution in [1.82, 2.24) is 16.0 Å². The van der Waals surface area contributed by atoms with Gasteiger partial charge in [-0.15, -0.1) is 0 Å². The molecule has 1 atom stereocenters. The summed E-state index contributed by atoms with van der Waals surface area (Å²) >= 11 is 3.13. The summed E-state index contributed by atoms with van der Waals surface area (Å²) in [5.74, 6) is -1.32. The second-order valence-electron chi connectivity index (χ2n) is 8.63. The molecule has 0 unspecified atom stereocenters. The highest BCUT2D eigenvalue weighted by Gasteiger charge is 2.30. The predicted octanol–water partition coefficient (Wildman–Crippen LogP) is 1.71. The number of ketones is 1. The molecule has 188 valence electrons. The molecular formula is C22H37BrN4O6. The predicted molar refractivity (Wildman–Crippen MR) is 129 cm³/mol. The maximum Gasteiger partial charge on any atom is 0.334 e. The van der Waals surface area contributed by atoms with Crippen molar-refractivity contribution in [3.05, 3.63) is 12.2 Å². The molecule has 0 spiro atoms. The third-order valence-electron chi connectivity index (χ3n) is 4.54. The van der Waals surface area contributed by atoms with E-state index in [0.29, 0.717) is 49.6 Å². The van der Waals surface area contributed by atoms with Gasteiger partial charge >= 0.3 is 12.0 Å². The maximum atomic E-state index is 12.6. The maximum absolute atomic E-state index is 12.6. The number of ether oxygens (including phenoxy) is 1. The highest BCUT2D eigenvalue weighted by Crippen LogP contribution is 2.19. The summed E-state index contributed by atoms with van der Waals surface area (Å²) in [5, 5.41) is 8.01. The minimum Gasteiger partial charge on any atom is -0.462 e. The fourth-order valence-electron chi connectivity index (χ4n) is 2.71. The van der Waals surface area contributed by atoms with Gasteiger partial charge in [-0.1, -0.05) is 43.3 Å². The molecule has 0 aromatic carbocycles. The van der Waals surface area contributed by atoms with Crippen molar-refractivity contribution in [3.63, 3.8) is 0 Å². The molecule has 11 heteroatoms. The fourth-order valence-corrected chi connectivity index (χ4v) is 2.94. The first-order valence-corrected chi connectivity index (χ1v) is 12.0. The van der Waals surface area contributed by atoms with E-state index in [9.17, 15) is 24.0 Å². The molecule has 0 aromatic heterocycles. The van der Waals surface area contributed by atoms with E-state index in [4.69, 9.17) is 10.5 Å². The first-order chi connectivity index (χ1) is 15.4. The summed E-state index contributed by atoms with van der Waals surface area (Å²) in [6.07, 6.45) is 2.93. The average molecular weight is 533 g/mol. The topological polar surface area (TPSA) is 157 Å². The van der Waals surface area contributed by atoms with Crippen LogP contribution in [0.15, 0.2) is 12.2 Å². The number of halogens is 1. The Morgan fingerprint density at radius 2 is 1.67 bits per heavy atom. The number of Topliss-reactive ketones (excluding diaryl/α,β-unsaturated/α-hetero) is 1. The molecule has 33 heavy (non-hydrogen) atoms. The van der Waals surface area contributed by atoms with E-state index in [1.807, 2.05) is 0 Å². The van der Waals surface area contributed by atoms with E-state index in [0.717, 1.165) is 0 Å². The number of carbonyl (C=O) groups excluding carboxylic acids is 5. The quantitative estimate of drug-likeness (QED) is 0.102. The lowest BCUT2D eigenvalue weighted by Gasteiger charge is -2.25. The van der Waals surface area contributed by atoms with E-state index in [1.165, 1.54) is 0 Å². The molecule has 0 saturated carbocycles. The van der Waals surface area contributed by atoms with Crippen molar-refractivity contribution < 1.29 is 28.7 Å². The zero-order valence-electron chi connectivity index (χ0n) is 19.8. The lowest BCUT2D eigenvalue weighted by molar-refractivity contribution is -0.139. The number of carbonyl (C=O) groups is 5. The molecule has 10 nitrogen and oxygen atoms in total. The number of amides is 4. The second-order valence-corrected chi connectivity index (χ2v) is 9.19. The zero-order valence-corrected chi connectivity index (χ0v) is 21.3. The van der Waals surface area contributed by atoms with Crippen LogP contribution < -0.4 is 21.7 Å². The summed E-state index contributed by atoms with van der Waals surface area (Å²) in [6.45, 7) is 9.16. The van der Waals surface area contributed by atoms with E-state index in [1.54, 1.807) is 20.8 Å². The zero-order chi connectivity index (χ0) is 25.4. The minimum absolute atomic E-state index is 0.137. The Labute approximate surface area is 203 Å². The molecule has 0 bridgehead atoms. The van der Waals surface area contributed by atoms with Crippen molar-refractivity contribution in [1.29, 1.82) is 0 Å². The van der Waals surface area contributed by atoms with Gasteiger partial charge in [0.2, 0.25) is 11.8 Å². The Kier molecular flexibility index (Phi) is 15.0. The van der Waals surface area contributed by atoms with Gasteiger partial charge < -0.3 is 26.4 Å². The van der Waals surface area contributed by atoms with Crippen LogP contribution in [0.2, 0.25) is 0 Å². The van der Waals surface area contributed by atoms with Gasteiger partial charge in [-0.25, -0.2) is 9.59 Å². The van der Waals surface area contributed by atoms with Crippen LogP contribution in [0.5, 0.6) is 0 Å². The van der Waals surface area contributed by atoms with Gasteiger partial charge in [0.15, 0.2) is 5.78 Å². The van der Waals surface area contributed by atoms with Crippen LogP contribution in [0.3, 0.4) is 0 Å². The first-order valence-electron chi connectivity index (χ1n) is 10.9. The summed E-state index contributed by atoms with van der Waals surface area (Å²) < 4.78 is 5.03. The Morgan fingerprint density at radius 3 is 2.24 bits per heavy atom. The number of alkyl halides is 1. The molecule has 0 saturated heterocycles. The second kappa shape index (κ2) is 16.2. The summed E-state index contributed by atoms with van der Waals surface area (Å²) in [5.41, 5.74) is 4.71. The average Bonchev–Trinajstić information content (AvgIpc) is 2.74. The Balaban J connectivity index is 4.28. The highest BCUT2D eigenvalue weighted by atomic mass is 79.9. The SMILES string of the molecule is C=C(CBr)C(=O)OCCCCCC(=O)NCC(=O)N[C@@H](CCCNC(N)=O)C(=O)C(C)(C)C. The van der Waals surface area contributed by atoms with Crippen molar-refractivity contribution in [2.24, 2.45) is 11.1 Å². The number of nitrogens with two attached hydrogens (primary N) is 1. The van der Waals surface area contributed by atoms with Crippen LogP contribution in [0, 0.1) is 5.41 Å². The number of unbranched alkanes of at least 4 members (excludes halogenated alkanes) is 2. The van der Waals surface area contributed by atoms with Crippen molar-refractivity contribution in [2.75, 3.05) is 25.0 Å². The molecule has 0 radical (unpaired) electrons. The summed E-state index contributed by atoms with van der Waals surface area (Å²) in [4.78, 5) is 59.1. The minimum atomic E-state index is -0.729. The van der Waals surface area contributed by atoms with Crippen LogP contribution in [0.25, 0.3) is 0 Å². The van der Waals surface area contributed by atoms with E-state index in [2.05, 4.69) is 38.5 Å². The van der Waals surface area contributed by atoms with Gasteiger partial charge in [-0.05, 0) is 32.1 Å². The third-order valence-corrected chi connectivity index (χ3v) is 5.21. The molecular weight excluding hydrogens is 496 g/mol. The van der Waals surface area contributed by atoms with Gasteiger partial charge in [-0.3, -0.25) is 14.4 Å². The van der Waals surface area contributed by atoms with Gasteiger partial charge in [0, 0.05) is 29.3 Å². The van der Waals surface area contributed by atoms with E-state index >= 15 is 0 Å². The molecule has 0 aromatic rings. The van der Waals surface area contributed by atoms with Crippen molar-refractivity contribution >= 4 is 45.5 Å². The number of primary amides is 1. The van der Waals surface area contributed by atoms with E-state index < -0.39 is 29.4 Å². The van der Waals surface area contributed by atoms with Crippen LogP contribution >= 0.6 is 15.9 Å². The van der Waals surface area contributed by atoms with Crippen LogP contribution in [-0.2, 0) is 23.9 Å². The third kappa shape index (κ3) is 15.1. The number of rotatable bonds is 16. The lowest BCUT2D eigenvalue weighted by atomic mass is 9.85. The Bertz CT molecular complexity index is 705. The van der Waals surface area contributed by atoms with Crippen LogP contribution in [-0.4, -0.2) is 60.7 Å². The highest BCUT2D eigenvalue weighted by molar-refractivity contribution is 9.09. The molecule has 0 aliphatic rings. The number of urea groups is 1. The molecule has 0 rings (SSSR count). The molecule has 0 fully saturated rings. The number of hydrogen-bond acceptors (Lipinski definition) is 6. The smallest absolute Gasteiger partial charge is 0.334 e.